The first kappa shape index (κ1) is 26.7. The highest BCUT2D eigenvalue weighted by Crippen LogP contribution is 2.32. The molecule has 0 aliphatic rings. The molecule has 1 aromatic rings. The molecule has 0 bridgehead atoms. The SMILES string of the molecule is NC(=O)c1c(I)c(CC(=O)N(CC(O)CO)CC(O)CO)c(I)c(C(N)=O)c1I. The van der Waals surface area contributed by atoms with E-state index in [0.29, 0.717) is 12.7 Å². The van der Waals surface area contributed by atoms with Crippen LogP contribution in [-0.4, -0.2) is 81.6 Å². The zero-order chi connectivity index (χ0) is 22.5. The predicted molar refractivity (Wildman–Crippen MR) is 128 cm³/mol. The smallest absolute Gasteiger partial charge is 0.250 e. The van der Waals surface area contributed by atoms with Crippen molar-refractivity contribution in [1.82, 2.24) is 4.90 Å². The molecule has 0 fully saturated rings. The van der Waals surface area contributed by atoms with Crippen molar-refractivity contribution in [1.29, 1.82) is 0 Å². The van der Waals surface area contributed by atoms with E-state index in [9.17, 15) is 24.6 Å². The Labute approximate surface area is 207 Å². The van der Waals surface area contributed by atoms with Crippen molar-refractivity contribution in [3.63, 3.8) is 0 Å². The van der Waals surface area contributed by atoms with Crippen molar-refractivity contribution in [2.75, 3.05) is 26.3 Å². The minimum Gasteiger partial charge on any atom is -0.394 e. The van der Waals surface area contributed by atoms with Crippen LogP contribution in [0.2, 0.25) is 0 Å². The first-order chi connectivity index (χ1) is 13.5. The van der Waals surface area contributed by atoms with Gasteiger partial charge in [-0.25, -0.2) is 0 Å². The molecular formula is C16H20I3N3O7. The van der Waals surface area contributed by atoms with Gasteiger partial charge in [0.1, 0.15) is 0 Å². The molecule has 162 valence electrons. The number of amides is 3. The van der Waals surface area contributed by atoms with Crippen LogP contribution in [0, 0.1) is 10.7 Å². The fraction of sp³-hybridized carbons (Fsp3) is 0.438. The molecule has 8 N–H and O–H groups in total. The lowest BCUT2D eigenvalue weighted by Crippen LogP contribution is -2.44. The Morgan fingerprint density at radius 2 is 1.21 bits per heavy atom. The molecule has 0 radical (unpaired) electrons. The van der Waals surface area contributed by atoms with E-state index in [4.69, 9.17) is 21.7 Å². The van der Waals surface area contributed by atoms with Gasteiger partial charge >= 0.3 is 0 Å². The molecule has 1 aromatic carbocycles. The molecule has 3 amide bonds. The topological polar surface area (TPSA) is 187 Å². The zero-order valence-corrected chi connectivity index (χ0v) is 21.4. The summed E-state index contributed by atoms with van der Waals surface area (Å²) in [6.45, 7) is -1.77. The lowest BCUT2D eigenvalue weighted by atomic mass is 10.0. The third kappa shape index (κ3) is 6.82. The van der Waals surface area contributed by atoms with Gasteiger partial charge in [0.25, 0.3) is 11.8 Å². The van der Waals surface area contributed by atoms with E-state index in [1.165, 1.54) is 0 Å². The monoisotopic (exact) mass is 747 g/mol. The van der Waals surface area contributed by atoms with Gasteiger partial charge in [-0.1, -0.05) is 0 Å². The van der Waals surface area contributed by atoms with Crippen molar-refractivity contribution in [3.05, 3.63) is 27.4 Å². The summed E-state index contributed by atoms with van der Waals surface area (Å²) >= 11 is 5.52. The van der Waals surface area contributed by atoms with Gasteiger partial charge in [0.05, 0.1) is 43.0 Å². The van der Waals surface area contributed by atoms with Crippen molar-refractivity contribution >= 4 is 85.5 Å². The maximum Gasteiger partial charge on any atom is 0.250 e. The number of nitrogens with two attached hydrogens (primary N) is 2. The fourth-order valence-corrected chi connectivity index (χ4v) is 7.08. The van der Waals surface area contributed by atoms with E-state index in [0.717, 1.165) is 4.90 Å². The van der Waals surface area contributed by atoms with Crippen LogP contribution in [0.15, 0.2) is 0 Å². The Morgan fingerprint density at radius 1 is 0.828 bits per heavy atom. The molecule has 0 spiro atoms. The maximum atomic E-state index is 12.9. The summed E-state index contributed by atoms with van der Waals surface area (Å²) in [5, 5.41) is 37.5. The second-order valence-corrected chi connectivity index (χ2v) is 9.28. The summed E-state index contributed by atoms with van der Waals surface area (Å²) in [6, 6.07) is 0. The Kier molecular flexibility index (Phi) is 10.9. The number of aliphatic hydroxyl groups excluding tert-OH is 4. The van der Waals surface area contributed by atoms with Gasteiger partial charge in [0.15, 0.2) is 0 Å². The van der Waals surface area contributed by atoms with E-state index in [-0.39, 0.29) is 34.2 Å². The highest BCUT2D eigenvalue weighted by Gasteiger charge is 2.28. The summed E-state index contributed by atoms with van der Waals surface area (Å²) < 4.78 is 1.05. The Balaban J connectivity index is 3.43. The van der Waals surface area contributed by atoms with E-state index < -0.39 is 43.1 Å². The molecule has 0 aliphatic carbocycles. The second-order valence-electron chi connectivity index (χ2n) is 6.05. The van der Waals surface area contributed by atoms with Gasteiger partial charge in [-0.05, 0) is 73.3 Å². The Morgan fingerprint density at radius 3 is 1.52 bits per heavy atom. The third-order valence-corrected chi connectivity index (χ3v) is 7.32. The quantitative estimate of drug-likeness (QED) is 0.162. The number of aliphatic hydroxyl groups is 4. The molecule has 0 aliphatic heterocycles. The molecule has 0 heterocycles. The van der Waals surface area contributed by atoms with Crippen molar-refractivity contribution in [2.24, 2.45) is 11.5 Å². The van der Waals surface area contributed by atoms with Crippen LogP contribution in [0.3, 0.4) is 0 Å². The highest BCUT2D eigenvalue weighted by molar-refractivity contribution is 14.1. The van der Waals surface area contributed by atoms with E-state index in [1.54, 1.807) is 22.6 Å². The zero-order valence-electron chi connectivity index (χ0n) is 14.9. The van der Waals surface area contributed by atoms with E-state index in [2.05, 4.69) is 0 Å². The molecule has 0 saturated carbocycles. The molecule has 1 rings (SSSR count). The number of hydrogen-bond acceptors (Lipinski definition) is 7. The van der Waals surface area contributed by atoms with Gasteiger partial charge in [-0.2, -0.15) is 0 Å². The first-order valence-corrected chi connectivity index (χ1v) is 11.3. The summed E-state index contributed by atoms with van der Waals surface area (Å²) in [4.78, 5) is 37.8. The summed E-state index contributed by atoms with van der Waals surface area (Å²) in [7, 11) is 0. The van der Waals surface area contributed by atoms with E-state index in [1.807, 2.05) is 45.2 Å². The van der Waals surface area contributed by atoms with E-state index >= 15 is 0 Å². The summed E-state index contributed by atoms with van der Waals surface area (Å²) in [6.07, 6.45) is -2.78. The third-order valence-electron chi connectivity index (χ3n) is 3.87. The van der Waals surface area contributed by atoms with Crippen molar-refractivity contribution in [3.8, 4) is 0 Å². The fourth-order valence-electron chi connectivity index (χ4n) is 2.47. The van der Waals surface area contributed by atoms with Crippen LogP contribution in [0.4, 0.5) is 0 Å². The maximum absolute atomic E-state index is 12.9. The Hall–Kier alpha value is -0.340. The largest absolute Gasteiger partial charge is 0.394 e. The lowest BCUT2D eigenvalue weighted by Gasteiger charge is -2.27. The molecule has 13 heteroatoms. The lowest BCUT2D eigenvalue weighted by molar-refractivity contribution is -0.134. The van der Waals surface area contributed by atoms with Gasteiger partial charge in [0, 0.05) is 23.8 Å². The molecule has 29 heavy (non-hydrogen) atoms. The van der Waals surface area contributed by atoms with Gasteiger partial charge in [-0.3, -0.25) is 14.4 Å². The number of primary amides is 2. The average Bonchev–Trinajstić information content (AvgIpc) is 2.63. The number of nitrogens with zero attached hydrogens (tertiary/aromatic N) is 1. The number of halogens is 3. The molecule has 10 nitrogen and oxygen atoms in total. The number of carbonyl (C=O) groups excluding carboxylic acids is 3. The predicted octanol–water partition coefficient (Wildman–Crippen LogP) is -1.22. The summed E-state index contributed by atoms with van der Waals surface area (Å²) in [5.41, 5.74) is 11.4. The Bertz CT molecular complexity index is 753. The van der Waals surface area contributed by atoms with Crippen molar-refractivity contribution in [2.45, 2.75) is 18.6 Å². The highest BCUT2D eigenvalue weighted by atomic mass is 127. The van der Waals surface area contributed by atoms with Crippen LogP contribution in [-0.2, 0) is 11.2 Å². The average molecular weight is 747 g/mol. The van der Waals surface area contributed by atoms with Crippen LogP contribution in [0.25, 0.3) is 0 Å². The number of carbonyl (C=O) groups is 3. The van der Waals surface area contributed by atoms with Gasteiger partial charge in [-0.15, -0.1) is 0 Å². The molecule has 2 unspecified atom stereocenters. The van der Waals surface area contributed by atoms with Crippen LogP contribution < -0.4 is 11.5 Å². The number of rotatable bonds is 10. The van der Waals surface area contributed by atoms with Crippen LogP contribution in [0.5, 0.6) is 0 Å². The van der Waals surface area contributed by atoms with Gasteiger partial charge < -0.3 is 36.8 Å². The second kappa shape index (κ2) is 11.9. The standard InChI is InChI=1S/C16H20I3N3O7/c17-12-8(13(18)11(16(21)29)14(19)10(12)15(20)28)1-9(27)22(2-6(25)4-23)3-7(26)5-24/h6-7,23-26H,1-5H2,(H2,20,28)(H2,21,29). The minimum atomic E-state index is -1.25. The van der Waals surface area contributed by atoms with Gasteiger partial charge in [0.2, 0.25) is 5.91 Å². The molecule has 2 atom stereocenters. The molecule has 0 aromatic heterocycles. The molecular weight excluding hydrogens is 727 g/mol. The van der Waals surface area contributed by atoms with Crippen LogP contribution in [0.1, 0.15) is 26.3 Å². The number of benzene rings is 1. The number of hydrogen-bond donors (Lipinski definition) is 6. The normalized spacial score (nSPS) is 13.1. The summed E-state index contributed by atoms with van der Waals surface area (Å²) in [5.74, 6) is -2.13. The minimum absolute atomic E-state index is 0.0700. The van der Waals surface area contributed by atoms with Crippen LogP contribution >= 0.6 is 67.8 Å². The first-order valence-electron chi connectivity index (χ1n) is 8.10. The van der Waals surface area contributed by atoms with Crippen molar-refractivity contribution < 1.29 is 34.8 Å². The molecule has 0 saturated heterocycles.